The number of nitrogens with zero attached hydrogens (tertiary/aromatic N) is 2. The zero-order valence-corrected chi connectivity index (χ0v) is 13.0. The standard InChI is InChI=1S/C14H31N3O2/c1-13-11-14(12-15,5-6-16(13)2)17(7-9-18-3)8-10-19-4/h13H,5-12,15H2,1-4H3. The summed E-state index contributed by atoms with van der Waals surface area (Å²) in [6.45, 7) is 7.44. The van der Waals surface area contributed by atoms with Crippen molar-refractivity contribution in [2.24, 2.45) is 5.73 Å². The van der Waals surface area contributed by atoms with Gasteiger partial charge in [-0.15, -0.1) is 0 Å². The van der Waals surface area contributed by atoms with Crippen molar-refractivity contribution in [3.63, 3.8) is 0 Å². The van der Waals surface area contributed by atoms with Crippen molar-refractivity contribution in [3.8, 4) is 0 Å². The van der Waals surface area contributed by atoms with Crippen molar-refractivity contribution in [1.82, 2.24) is 9.80 Å². The molecule has 1 heterocycles. The Morgan fingerprint density at radius 2 is 1.84 bits per heavy atom. The van der Waals surface area contributed by atoms with E-state index in [0.29, 0.717) is 12.6 Å². The second-order valence-corrected chi connectivity index (χ2v) is 5.68. The zero-order valence-electron chi connectivity index (χ0n) is 13.0. The normalized spacial score (nSPS) is 29.1. The van der Waals surface area contributed by atoms with Crippen molar-refractivity contribution in [2.45, 2.75) is 31.3 Å². The van der Waals surface area contributed by atoms with E-state index < -0.39 is 0 Å². The van der Waals surface area contributed by atoms with Gasteiger partial charge in [0.1, 0.15) is 0 Å². The summed E-state index contributed by atoms with van der Waals surface area (Å²) in [7, 11) is 5.70. The third kappa shape index (κ3) is 4.39. The van der Waals surface area contributed by atoms with Crippen LogP contribution in [0.1, 0.15) is 19.8 Å². The lowest BCUT2D eigenvalue weighted by atomic mass is 9.82. The quantitative estimate of drug-likeness (QED) is 0.693. The molecule has 0 spiro atoms. The van der Waals surface area contributed by atoms with Crippen LogP contribution in [-0.4, -0.2) is 82.0 Å². The highest BCUT2D eigenvalue weighted by Crippen LogP contribution is 2.30. The van der Waals surface area contributed by atoms with Gasteiger partial charge < -0.3 is 20.1 Å². The topological polar surface area (TPSA) is 51.0 Å². The summed E-state index contributed by atoms with van der Waals surface area (Å²) in [6.07, 6.45) is 2.24. The molecule has 0 aliphatic carbocycles. The summed E-state index contributed by atoms with van der Waals surface area (Å²) < 4.78 is 10.5. The number of methoxy groups -OCH3 is 2. The summed E-state index contributed by atoms with van der Waals surface area (Å²) in [5.41, 5.74) is 6.25. The number of nitrogens with two attached hydrogens (primary N) is 1. The van der Waals surface area contributed by atoms with Gasteiger partial charge in [0.2, 0.25) is 0 Å². The first-order valence-electron chi connectivity index (χ1n) is 7.23. The fraction of sp³-hybridized carbons (Fsp3) is 1.00. The molecule has 1 fully saturated rings. The van der Waals surface area contributed by atoms with Gasteiger partial charge in [0, 0.05) is 45.4 Å². The number of ether oxygens (including phenoxy) is 2. The second kappa shape index (κ2) is 8.17. The van der Waals surface area contributed by atoms with Gasteiger partial charge in [0.25, 0.3) is 0 Å². The predicted molar refractivity (Wildman–Crippen MR) is 78.4 cm³/mol. The second-order valence-electron chi connectivity index (χ2n) is 5.68. The molecule has 0 aromatic carbocycles. The first-order chi connectivity index (χ1) is 9.09. The summed E-state index contributed by atoms with van der Waals surface area (Å²) in [5.74, 6) is 0. The number of piperidine rings is 1. The Morgan fingerprint density at radius 3 is 2.26 bits per heavy atom. The van der Waals surface area contributed by atoms with Crippen LogP contribution in [0.15, 0.2) is 0 Å². The zero-order chi connectivity index (χ0) is 14.3. The molecule has 0 saturated carbocycles. The monoisotopic (exact) mass is 273 g/mol. The number of hydrogen-bond acceptors (Lipinski definition) is 5. The third-order valence-electron chi connectivity index (χ3n) is 4.54. The fourth-order valence-electron chi connectivity index (χ4n) is 3.00. The minimum Gasteiger partial charge on any atom is -0.383 e. The first-order valence-corrected chi connectivity index (χ1v) is 7.23. The van der Waals surface area contributed by atoms with Crippen LogP contribution in [0.2, 0.25) is 0 Å². The molecule has 0 aromatic heterocycles. The van der Waals surface area contributed by atoms with Crippen LogP contribution in [0.5, 0.6) is 0 Å². The van der Waals surface area contributed by atoms with E-state index in [2.05, 4.69) is 23.8 Å². The number of likely N-dealkylation sites (tertiary alicyclic amines) is 1. The smallest absolute Gasteiger partial charge is 0.0589 e. The van der Waals surface area contributed by atoms with Crippen LogP contribution in [0, 0.1) is 0 Å². The highest BCUT2D eigenvalue weighted by atomic mass is 16.5. The Balaban J connectivity index is 2.74. The van der Waals surface area contributed by atoms with Crippen molar-refractivity contribution in [2.75, 3.05) is 60.7 Å². The molecule has 5 heteroatoms. The fourth-order valence-corrected chi connectivity index (χ4v) is 3.00. The molecular formula is C14H31N3O2. The Kier molecular flexibility index (Phi) is 7.25. The highest BCUT2D eigenvalue weighted by molar-refractivity contribution is 4.98. The molecule has 5 nitrogen and oxygen atoms in total. The first kappa shape index (κ1) is 16.9. The van der Waals surface area contributed by atoms with Crippen LogP contribution in [0.4, 0.5) is 0 Å². The van der Waals surface area contributed by atoms with Crippen molar-refractivity contribution < 1.29 is 9.47 Å². The van der Waals surface area contributed by atoms with Crippen LogP contribution < -0.4 is 5.73 Å². The van der Waals surface area contributed by atoms with E-state index in [-0.39, 0.29) is 5.54 Å². The Morgan fingerprint density at radius 1 is 1.26 bits per heavy atom. The average molecular weight is 273 g/mol. The van der Waals surface area contributed by atoms with Gasteiger partial charge >= 0.3 is 0 Å². The van der Waals surface area contributed by atoms with E-state index in [4.69, 9.17) is 15.2 Å². The van der Waals surface area contributed by atoms with Gasteiger partial charge in [-0.25, -0.2) is 0 Å². The minimum atomic E-state index is 0.100. The Labute approximate surface area is 118 Å². The van der Waals surface area contributed by atoms with Gasteiger partial charge in [0.15, 0.2) is 0 Å². The van der Waals surface area contributed by atoms with Crippen LogP contribution >= 0.6 is 0 Å². The van der Waals surface area contributed by atoms with Gasteiger partial charge in [-0.05, 0) is 33.4 Å². The van der Waals surface area contributed by atoms with E-state index in [0.717, 1.165) is 45.7 Å². The summed E-state index contributed by atoms with van der Waals surface area (Å²) in [6, 6.07) is 0.574. The van der Waals surface area contributed by atoms with Gasteiger partial charge in [-0.2, -0.15) is 0 Å². The van der Waals surface area contributed by atoms with Gasteiger partial charge in [-0.3, -0.25) is 4.90 Å². The summed E-state index contributed by atoms with van der Waals surface area (Å²) in [4.78, 5) is 4.89. The summed E-state index contributed by atoms with van der Waals surface area (Å²) in [5, 5.41) is 0. The number of rotatable bonds is 8. The Bertz CT molecular complexity index is 245. The molecule has 1 saturated heterocycles. The van der Waals surface area contributed by atoms with Crippen molar-refractivity contribution in [1.29, 1.82) is 0 Å². The molecule has 2 unspecified atom stereocenters. The lowest BCUT2D eigenvalue weighted by molar-refractivity contribution is -0.0142. The molecule has 114 valence electrons. The molecule has 0 bridgehead atoms. The minimum absolute atomic E-state index is 0.100. The van der Waals surface area contributed by atoms with Gasteiger partial charge in [0.05, 0.1) is 13.2 Å². The maximum Gasteiger partial charge on any atom is 0.0589 e. The maximum absolute atomic E-state index is 6.15. The number of hydrogen-bond donors (Lipinski definition) is 1. The van der Waals surface area contributed by atoms with Crippen LogP contribution in [0.25, 0.3) is 0 Å². The van der Waals surface area contributed by atoms with Crippen LogP contribution in [0.3, 0.4) is 0 Å². The van der Waals surface area contributed by atoms with E-state index >= 15 is 0 Å². The molecule has 1 aliphatic rings. The Hall–Kier alpha value is -0.200. The lowest BCUT2D eigenvalue weighted by Gasteiger charge is -2.50. The van der Waals surface area contributed by atoms with Crippen molar-refractivity contribution in [3.05, 3.63) is 0 Å². The molecule has 2 N–H and O–H groups in total. The van der Waals surface area contributed by atoms with Crippen LogP contribution in [-0.2, 0) is 9.47 Å². The average Bonchev–Trinajstić information content (AvgIpc) is 2.42. The molecule has 0 aromatic rings. The molecule has 0 radical (unpaired) electrons. The largest absolute Gasteiger partial charge is 0.383 e. The van der Waals surface area contributed by atoms with E-state index in [1.807, 2.05) is 0 Å². The van der Waals surface area contributed by atoms with E-state index in [9.17, 15) is 0 Å². The SMILES string of the molecule is COCCN(CCOC)C1(CN)CCN(C)C(C)C1. The van der Waals surface area contributed by atoms with Crippen molar-refractivity contribution >= 4 is 0 Å². The highest BCUT2D eigenvalue weighted by Gasteiger charge is 2.40. The summed E-state index contributed by atoms with van der Waals surface area (Å²) >= 11 is 0. The molecule has 2 atom stereocenters. The molecule has 1 aliphatic heterocycles. The van der Waals surface area contributed by atoms with E-state index in [1.54, 1.807) is 14.2 Å². The third-order valence-corrected chi connectivity index (χ3v) is 4.54. The molecular weight excluding hydrogens is 242 g/mol. The lowest BCUT2D eigenvalue weighted by Crippen LogP contribution is -2.62. The predicted octanol–water partition coefficient (Wildman–Crippen LogP) is 0.393. The molecule has 0 amide bonds. The van der Waals surface area contributed by atoms with E-state index in [1.165, 1.54) is 0 Å². The van der Waals surface area contributed by atoms with Gasteiger partial charge in [-0.1, -0.05) is 0 Å². The maximum atomic E-state index is 6.15. The molecule has 19 heavy (non-hydrogen) atoms. The molecule has 1 rings (SSSR count).